The molecule has 0 spiro atoms. The number of nitrogens with one attached hydrogen (secondary N) is 1. The second kappa shape index (κ2) is 5.14. The maximum absolute atomic E-state index is 11.3. The second-order valence-corrected chi connectivity index (χ2v) is 4.41. The molecule has 15 heavy (non-hydrogen) atoms. The first-order chi connectivity index (χ1) is 7.07. The predicted molar refractivity (Wildman–Crippen MR) is 56.5 cm³/mol. The third kappa shape index (κ3) is 3.22. The Kier molecular flexibility index (Phi) is 4.12. The third-order valence-electron chi connectivity index (χ3n) is 3.19. The van der Waals surface area contributed by atoms with Crippen molar-refractivity contribution >= 4 is 11.9 Å². The molecule has 0 atom stereocenters. The maximum atomic E-state index is 11.3. The van der Waals surface area contributed by atoms with Crippen LogP contribution in [0.3, 0.4) is 0 Å². The van der Waals surface area contributed by atoms with Gasteiger partial charge in [-0.05, 0) is 12.8 Å². The van der Waals surface area contributed by atoms with Gasteiger partial charge in [-0.25, -0.2) is 0 Å². The number of carbonyl (C=O) groups is 2. The number of carboxylic acid groups (broad SMARTS) is 1. The van der Waals surface area contributed by atoms with Crippen molar-refractivity contribution in [2.75, 3.05) is 6.54 Å². The number of aliphatic carboxylic acids is 1. The minimum Gasteiger partial charge on any atom is -0.481 e. The van der Waals surface area contributed by atoms with E-state index in [1.54, 1.807) is 0 Å². The summed E-state index contributed by atoms with van der Waals surface area (Å²) in [4.78, 5) is 22.1. The fraction of sp³-hybridized carbons (Fsp3) is 0.818. The average molecular weight is 213 g/mol. The normalized spacial score (nSPS) is 20.3. The quantitative estimate of drug-likeness (QED) is 0.699. The van der Waals surface area contributed by atoms with E-state index in [1.807, 2.05) is 0 Å². The second-order valence-electron chi connectivity index (χ2n) is 4.41. The van der Waals surface area contributed by atoms with Gasteiger partial charge in [0.25, 0.3) is 0 Å². The molecule has 1 amide bonds. The van der Waals surface area contributed by atoms with E-state index >= 15 is 0 Å². The summed E-state index contributed by atoms with van der Waals surface area (Å²) in [5.74, 6) is -0.918. The molecule has 4 heteroatoms. The fourth-order valence-corrected chi connectivity index (χ4v) is 2.17. The molecule has 2 N–H and O–H groups in total. The van der Waals surface area contributed by atoms with Crippen LogP contribution in [0.2, 0.25) is 0 Å². The Morgan fingerprint density at radius 2 is 1.73 bits per heavy atom. The van der Waals surface area contributed by atoms with Crippen molar-refractivity contribution in [2.45, 2.75) is 45.4 Å². The van der Waals surface area contributed by atoms with Crippen LogP contribution in [-0.2, 0) is 9.59 Å². The van der Waals surface area contributed by atoms with Gasteiger partial charge < -0.3 is 10.4 Å². The summed E-state index contributed by atoms with van der Waals surface area (Å²) in [7, 11) is 0. The molecule has 0 aliphatic heterocycles. The first kappa shape index (κ1) is 12.0. The Morgan fingerprint density at radius 1 is 1.20 bits per heavy atom. The van der Waals surface area contributed by atoms with Crippen molar-refractivity contribution in [3.8, 4) is 0 Å². The molecule has 0 saturated heterocycles. The minimum atomic E-state index is -0.766. The highest BCUT2D eigenvalue weighted by atomic mass is 16.4. The zero-order chi connectivity index (χ0) is 11.3. The average Bonchev–Trinajstić information content (AvgIpc) is 2.40. The topological polar surface area (TPSA) is 66.4 Å². The number of hydrogen-bond donors (Lipinski definition) is 2. The van der Waals surface area contributed by atoms with E-state index < -0.39 is 11.4 Å². The molecule has 4 nitrogen and oxygen atoms in total. The SMILES string of the molecule is CC(=O)NCC1(C(=O)O)CCCCCC1. The van der Waals surface area contributed by atoms with Crippen LogP contribution in [0.4, 0.5) is 0 Å². The summed E-state index contributed by atoms with van der Waals surface area (Å²) in [5.41, 5.74) is -0.720. The van der Waals surface area contributed by atoms with Gasteiger partial charge in [0.1, 0.15) is 0 Å². The molecule has 1 fully saturated rings. The Morgan fingerprint density at radius 3 is 2.13 bits per heavy atom. The molecule has 86 valence electrons. The molecule has 0 heterocycles. The largest absolute Gasteiger partial charge is 0.481 e. The van der Waals surface area contributed by atoms with Gasteiger partial charge in [-0.2, -0.15) is 0 Å². The van der Waals surface area contributed by atoms with Crippen LogP contribution in [0.25, 0.3) is 0 Å². The van der Waals surface area contributed by atoms with Gasteiger partial charge in [-0.3, -0.25) is 9.59 Å². The van der Waals surface area contributed by atoms with Crippen LogP contribution >= 0.6 is 0 Å². The summed E-state index contributed by atoms with van der Waals surface area (Å²) in [6, 6.07) is 0. The lowest BCUT2D eigenvalue weighted by Gasteiger charge is -2.27. The Balaban J connectivity index is 2.67. The van der Waals surface area contributed by atoms with E-state index in [0.29, 0.717) is 12.8 Å². The van der Waals surface area contributed by atoms with Crippen molar-refractivity contribution in [1.82, 2.24) is 5.32 Å². The molecule has 1 aliphatic rings. The molecular weight excluding hydrogens is 194 g/mol. The van der Waals surface area contributed by atoms with Gasteiger partial charge in [0.05, 0.1) is 5.41 Å². The number of carbonyl (C=O) groups excluding carboxylic acids is 1. The molecule has 1 aliphatic carbocycles. The predicted octanol–water partition coefficient (Wildman–Crippen LogP) is 1.55. The first-order valence-corrected chi connectivity index (χ1v) is 5.55. The van der Waals surface area contributed by atoms with Crippen molar-refractivity contribution in [3.63, 3.8) is 0 Å². The summed E-state index contributed by atoms with van der Waals surface area (Å²) in [5, 5.41) is 11.9. The molecular formula is C11H19NO3. The highest BCUT2D eigenvalue weighted by Gasteiger charge is 2.38. The zero-order valence-corrected chi connectivity index (χ0v) is 9.21. The molecule has 0 radical (unpaired) electrons. The Bertz CT molecular complexity index is 242. The van der Waals surface area contributed by atoms with E-state index in [4.69, 9.17) is 0 Å². The fourth-order valence-electron chi connectivity index (χ4n) is 2.17. The molecule has 0 aromatic rings. The summed E-state index contributed by atoms with van der Waals surface area (Å²) >= 11 is 0. The summed E-state index contributed by atoms with van der Waals surface area (Å²) in [6.45, 7) is 1.70. The standard InChI is InChI=1S/C11H19NO3/c1-9(13)12-8-11(10(14)15)6-4-2-3-5-7-11/h2-8H2,1H3,(H,12,13)(H,14,15). The molecule has 1 saturated carbocycles. The highest BCUT2D eigenvalue weighted by Crippen LogP contribution is 2.34. The van der Waals surface area contributed by atoms with Crippen LogP contribution in [0.5, 0.6) is 0 Å². The monoisotopic (exact) mass is 213 g/mol. The molecule has 1 rings (SSSR count). The third-order valence-corrected chi connectivity index (χ3v) is 3.19. The van der Waals surface area contributed by atoms with Crippen molar-refractivity contribution < 1.29 is 14.7 Å². The van der Waals surface area contributed by atoms with E-state index in [1.165, 1.54) is 6.92 Å². The summed E-state index contributed by atoms with van der Waals surface area (Å²) in [6.07, 6.45) is 5.48. The van der Waals surface area contributed by atoms with Gasteiger partial charge in [0.15, 0.2) is 0 Å². The van der Waals surface area contributed by atoms with Crippen molar-refractivity contribution in [1.29, 1.82) is 0 Å². The maximum Gasteiger partial charge on any atom is 0.311 e. The van der Waals surface area contributed by atoms with E-state index in [-0.39, 0.29) is 12.5 Å². The molecule has 0 bridgehead atoms. The smallest absolute Gasteiger partial charge is 0.311 e. The van der Waals surface area contributed by atoms with Crippen LogP contribution in [0.1, 0.15) is 45.4 Å². The van der Waals surface area contributed by atoms with Crippen LogP contribution in [-0.4, -0.2) is 23.5 Å². The highest BCUT2D eigenvalue weighted by molar-refractivity contribution is 5.77. The zero-order valence-electron chi connectivity index (χ0n) is 9.21. The lowest BCUT2D eigenvalue weighted by Crippen LogP contribution is -2.42. The van der Waals surface area contributed by atoms with Gasteiger partial charge in [0.2, 0.25) is 5.91 Å². The van der Waals surface area contributed by atoms with Crippen LogP contribution < -0.4 is 5.32 Å². The van der Waals surface area contributed by atoms with Gasteiger partial charge in [-0.15, -0.1) is 0 Å². The lowest BCUT2D eigenvalue weighted by molar-refractivity contribution is -0.149. The number of amides is 1. The van der Waals surface area contributed by atoms with E-state index in [9.17, 15) is 14.7 Å². The molecule has 0 aromatic carbocycles. The summed E-state index contributed by atoms with van der Waals surface area (Å²) < 4.78 is 0. The molecule has 0 aromatic heterocycles. The van der Waals surface area contributed by atoms with Gasteiger partial charge in [-0.1, -0.05) is 25.7 Å². The first-order valence-electron chi connectivity index (χ1n) is 5.55. The lowest BCUT2D eigenvalue weighted by atomic mass is 9.80. The number of rotatable bonds is 3. The van der Waals surface area contributed by atoms with Crippen molar-refractivity contribution in [3.05, 3.63) is 0 Å². The van der Waals surface area contributed by atoms with Crippen molar-refractivity contribution in [2.24, 2.45) is 5.41 Å². The van der Waals surface area contributed by atoms with E-state index in [2.05, 4.69) is 5.32 Å². The van der Waals surface area contributed by atoms with E-state index in [0.717, 1.165) is 25.7 Å². The molecule has 0 unspecified atom stereocenters. The minimum absolute atomic E-state index is 0.153. The Labute approximate surface area is 90.0 Å². The van der Waals surface area contributed by atoms with Crippen LogP contribution in [0.15, 0.2) is 0 Å². The number of carboxylic acids is 1. The van der Waals surface area contributed by atoms with Gasteiger partial charge in [0, 0.05) is 13.5 Å². The Hall–Kier alpha value is -1.06. The van der Waals surface area contributed by atoms with Gasteiger partial charge >= 0.3 is 5.97 Å². The number of hydrogen-bond acceptors (Lipinski definition) is 2. The van der Waals surface area contributed by atoms with Crippen LogP contribution in [0, 0.1) is 5.41 Å².